The smallest absolute Gasteiger partial charge is 0.225 e. The lowest BCUT2D eigenvalue weighted by Gasteiger charge is -2.25. The molecule has 0 aromatic carbocycles. The lowest BCUT2D eigenvalue weighted by atomic mass is 10.0. The molecule has 3 N–H and O–H groups in total. The Balaban J connectivity index is 2.43. The summed E-state index contributed by atoms with van der Waals surface area (Å²) in [7, 11) is 0. The average Bonchev–Trinajstić information content (AvgIpc) is 2.51. The first-order chi connectivity index (χ1) is 6.44. The number of hydrogen-bond acceptors (Lipinski definition) is 3. The second-order valence-corrected chi connectivity index (χ2v) is 4.65. The van der Waals surface area contributed by atoms with E-state index in [1.807, 2.05) is 20.8 Å². The van der Waals surface area contributed by atoms with Crippen LogP contribution in [0.5, 0.6) is 0 Å². The molecule has 14 heavy (non-hydrogen) atoms. The lowest BCUT2D eigenvalue weighted by molar-refractivity contribution is -0.126. The van der Waals surface area contributed by atoms with Gasteiger partial charge in [0.25, 0.3) is 0 Å². The van der Waals surface area contributed by atoms with Crippen molar-refractivity contribution in [3.8, 4) is 0 Å². The van der Waals surface area contributed by atoms with Crippen LogP contribution in [0.1, 0.15) is 27.2 Å². The summed E-state index contributed by atoms with van der Waals surface area (Å²) in [5, 5.41) is 2.92. The fourth-order valence-electron chi connectivity index (χ4n) is 1.49. The van der Waals surface area contributed by atoms with Crippen molar-refractivity contribution in [2.24, 2.45) is 11.7 Å². The molecular formula is C10H20N2O2. The number of carbonyl (C=O) groups is 1. The van der Waals surface area contributed by atoms with E-state index in [4.69, 9.17) is 10.5 Å². The Morgan fingerprint density at radius 2 is 2.29 bits per heavy atom. The minimum absolute atomic E-state index is 0.00387. The third kappa shape index (κ3) is 2.96. The van der Waals surface area contributed by atoms with Crippen LogP contribution in [0.25, 0.3) is 0 Å². The van der Waals surface area contributed by atoms with E-state index in [2.05, 4.69) is 5.32 Å². The Morgan fingerprint density at radius 3 is 2.71 bits per heavy atom. The van der Waals surface area contributed by atoms with Crippen molar-refractivity contribution >= 4 is 5.91 Å². The second kappa shape index (κ2) is 4.28. The van der Waals surface area contributed by atoms with Crippen LogP contribution in [0.3, 0.4) is 0 Å². The van der Waals surface area contributed by atoms with Gasteiger partial charge in [-0.15, -0.1) is 0 Å². The quantitative estimate of drug-likeness (QED) is 0.687. The van der Waals surface area contributed by atoms with Crippen LogP contribution in [0.15, 0.2) is 0 Å². The van der Waals surface area contributed by atoms with Crippen LogP contribution in [0, 0.1) is 5.92 Å². The highest BCUT2D eigenvalue weighted by Gasteiger charge is 2.30. The molecule has 1 saturated heterocycles. The molecule has 82 valence electrons. The van der Waals surface area contributed by atoms with Gasteiger partial charge in [0.2, 0.25) is 5.91 Å². The van der Waals surface area contributed by atoms with Crippen LogP contribution in [-0.4, -0.2) is 30.7 Å². The number of ether oxygens (including phenoxy) is 1. The first-order valence-corrected chi connectivity index (χ1v) is 5.08. The molecule has 1 aliphatic heterocycles. The molecule has 1 heterocycles. The van der Waals surface area contributed by atoms with Crippen molar-refractivity contribution in [1.82, 2.24) is 5.32 Å². The summed E-state index contributed by atoms with van der Waals surface area (Å²) >= 11 is 0. The van der Waals surface area contributed by atoms with Crippen LogP contribution in [0.2, 0.25) is 0 Å². The molecule has 1 fully saturated rings. The second-order valence-electron chi connectivity index (χ2n) is 4.65. The fraction of sp³-hybridized carbons (Fsp3) is 0.900. The Labute approximate surface area is 85.2 Å². The molecule has 2 atom stereocenters. The molecule has 0 bridgehead atoms. The third-order valence-electron chi connectivity index (χ3n) is 2.54. The van der Waals surface area contributed by atoms with Crippen molar-refractivity contribution < 1.29 is 9.53 Å². The minimum Gasteiger partial charge on any atom is -0.378 e. The standard InChI is InChI=1S/C10H20N2O2/c1-7-4-8(5-14-7)9(13)12-10(2,3)6-11/h7-8H,4-6,11H2,1-3H3,(H,12,13). The zero-order valence-electron chi connectivity index (χ0n) is 9.17. The van der Waals surface area contributed by atoms with Crippen LogP contribution >= 0.6 is 0 Å². The van der Waals surface area contributed by atoms with Gasteiger partial charge >= 0.3 is 0 Å². The van der Waals surface area contributed by atoms with Crippen molar-refractivity contribution in [2.75, 3.05) is 13.2 Å². The Bertz CT molecular complexity index is 216. The van der Waals surface area contributed by atoms with E-state index in [1.54, 1.807) is 0 Å². The molecule has 2 unspecified atom stereocenters. The molecule has 1 amide bonds. The topological polar surface area (TPSA) is 64.4 Å². The highest BCUT2D eigenvalue weighted by Crippen LogP contribution is 2.19. The van der Waals surface area contributed by atoms with Gasteiger partial charge in [0.05, 0.1) is 18.6 Å². The molecule has 4 heteroatoms. The largest absolute Gasteiger partial charge is 0.378 e. The zero-order chi connectivity index (χ0) is 10.8. The Morgan fingerprint density at radius 1 is 1.64 bits per heavy atom. The monoisotopic (exact) mass is 200 g/mol. The molecule has 0 spiro atoms. The van der Waals surface area contributed by atoms with Crippen molar-refractivity contribution in [3.05, 3.63) is 0 Å². The van der Waals surface area contributed by atoms with Crippen molar-refractivity contribution in [2.45, 2.75) is 38.8 Å². The van der Waals surface area contributed by atoms with Gasteiger partial charge in [0.1, 0.15) is 0 Å². The van der Waals surface area contributed by atoms with Crippen molar-refractivity contribution in [3.63, 3.8) is 0 Å². The maximum absolute atomic E-state index is 11.7. The van der Waals surface area contributed by atoms with Gasteiger partial charge in [-0.1, -0.05) is 0 Å². The molecule has 1 rings (SSSR count). The molecule has 0 radical (unpaired) electrons. The van der Waals surface area contributed by atoms with E-state index < -0.39 is 0 Å². The first-order valence-electron chi connectivity index (χ1n) is 5.08. The number of carbonyl (C=O) groups excluding carboxylic acids is 1. The number of nitrogens with one attached hydrogen (secondary N) is 1. The minimum atomic E-state index is -0.317. The van der Waals surface area contributed by atoms with Gasteiger partial charge in [0, 0.05) is 12.1 Å². The van der Waals surface area contributed by atoms with Crippen molar-refractivity contribution in [1.29, 1.82) is 0 Å². The Kier molecular flexibility index (Phi) is 3.50. The summed E-state index contributed by atoms with van der Waals surface area (Å²) in [5.41, 5.74) is 5.22. The zero-order valence-corrected chi connectivity index (χ0v) is 9.17. The summed E-state index contributed by atoms with van der Waals surface area (Å²) in [6.07, 6.45) is 1.01. The lowest BCUT2D eigenvalue weighted by Crippen LogP contribution is -2.50. The SMILES string of the molecule is CC1CC(C(=O)NC(C)(C)CN)CO1. The third-order valence-corrected chi connectivity index (χ3v) is 2.54. The van der Waals surface area contributed by atoms with Gasteiger partial charge in [-0.2, -0.15) is 0 Å². The van der Waals surface area contributed by atoms with Crippen LogP contribution in [0.4, 0.5) is 0 Å². The first kappa shape index (κ1) is 11.5. The number of hydrogen-bond donors (Lipinski definition) is 2. The molecule has 0 aromatic rings. The number of nitrogens with two attached hydrogens (primary N) is 1. The number of amides is 1. The number of rotatable bonds is 3. The van der Waals surface area contributed by atoms with E-state index in [0.717, 1.165) is 6.42 Å². The van der Waals surface area contributed by atoms with Gasteiger partial charge in [-0.25, -0.2) is 0 Å². The summed E-state index contributed by atoms with van der Waals surface area (Å²) < 4.78 is 5.34. The molecule has 0 aromatic heterocycles. The maximum Gasteiger partial charge on any atom is 0.225 e. The molecular weight excluding hydrogens is 180 g/mol. The summed E-state index contributed by atoms with van der Waals surface area (Å²) in [4.78, 5) is 11.7. The molecule has 0 aliphatic carbocycles. The van der Waals surface area contributed by atoms with Gasteiger partial charge < -0.3 is 15.8 Å². The highest BCUT2D eigenvalue weighted by atomic mass is 16.5. The summed E-state index contributed by atoms with van der Waals surface area (Å²) in [5.74, 6) is 0.0561. The van der Waals surface area contributed by atoms with Crippen LogP contribution < -0.4 is 11.1 Å². The van der Waals surface area contributed by atoms with Gasteiger partial charge in [-0.3, -0.25) is 4.79 Å². The fourth-order valence-corrected chi connectivity index (χ4v) is 1.49. The van der Waals surface area contributed by atoms with Crippen LogP contribution in [-0.2, 0) is 9.53 Å². The molecule has 1 aliphatic rings. The summed E-state index contributed by atoms with van der Waals surface area (Å²) in [6.45, 7) is 6.81. The predicted octanol–water partition coefficient (Wildman–Crippen LogP) is 0.265. The van der Waals surface area contributed by atoms with E-state index in [-0.39, 0.29) is 23.5 Å². The van der Waals surface area contributed by atoms with E-state index in [1.165, 1.54) is 0 Å². The Hall–Kier alpha value is -0.610. The molecule has 0 saturated carbocycles. The predicted molar refractivity (Wildman–Crippen MR) is 54.8 cm³/mol. The summed E-state index contributed by atoms with van der Waals surface area (Å²) in [6, 6.07) is 0. The normalized spacial score (nSPS) is 27.7. The van der Waals surface area contributed by atoms with Gasteiger partial charge in [-0.05, 0) is 27.2 Å². The van der Waals surface area contributed by atoms with E-state index in [9.17, 15) is 4.79 Å². The average molecular weight is 200 g/mol. The highest BCUT2D eigenvalue weighted by molar-refractivity contribution is 5.79. The van der Waals surface area contributed by atoms with Gasteiger partial charge in [0.15, 0.2) is 0 Å². The van der Waals surface area contributed by atoms with E-state index in [0.29, 0.717) is 13.2 Å². The molecule has 4 nitrogen and oxygen atoms in total. The van der Waals surface area contributed by atoms with E-state index >= 15 is 0 Å². The maximum atomic E-state index is 11.7.